The van der Waals surface area contributed by atoms with Gasteiger partial charge in [-0.25, -0.2) is 9.82 Å². The van der Waals surface area contributed by atoms with Crippen LogP contribution < -0.4 is 21.2 Å². The average Bonchev–Trinajstić information content (AvgIpc) is 3.23. The Morgan fingerprint density at radius 1 is 1.11 bits per heavy atom. The minimum atomic E-state index is -0.891. The van der Waals surface area contributed by atoms with Crippen LogP contribution in [0.3, 0.4) is 0 Å². The van der Waals surface area contributed by atoms with Gasteiger partial charge in [0, 0.05) is 16.0 Å². The van der Waals surface area contributed by atoms with Crippen molar-refractivity contribution in [1.29, 1.82) is 0 Å². The molecular formula is C26H25FN4O4S. The molecule has 0 saturated heterocycles. The molecule has 0 fully saturated rings. The highest BCUT2D eigenvalue weighted by Crippen LogP contribution is 2.38. The number of hydrogen-bond acceptors (Lipinski definition) is 6. The zero-order valence-electron chi connectivity index (χ0n) is 19.5. The minimum absolute atomic E-state index is 0.242. The van der Waals surface area contributed by atoms with Gasteiger partial charge in [-0.1, -0.05) is 18.2 Å². The second-order valence-corrected chi connectivity index (χ2v) is 9.38. The van der Waals surface area contributed by atoms with Crippen molar-refractivity contribution in [3.63, 3.8) is 0 Å². The van der Waals surface area contributed by atoms with E-state index in [1.807, 2.05) is 0 Å². The van der Waals surface area contributed by atoms with Gasteiger partial charge in [0.1, 0.15) is 16.6 Å². The van der Waals surface area contributed by atoms with Crippen LogP contribution in [0.15, 0.2) is 53.6 Å². The Hall–Kier alpha value is -4.05. The smallest absolute Gasteiger partial charge is 0.280 e. The molecule has 3 amide bonds. The molecule has 0 saturated carbocycles. The van der Waals surface area contributed by atoms with Gasteiger partial charge in [-0.3, -0.25) is 14.4 Å². The Bertz CT molecular complexity index is 1320. The van der Waals surface area contributed by atoms with Crippen LogP contribution in [0.1, 0.15) is 56.5 Å². The maximum absolute atomic E-state index is 13.6. The molecular weight excluding hydrogens is 483 g/mol. The van der Waals surface area contributed by atoms with E-state index < -0.39 is 23.7 Å². The van der Waals surface area contributed by atoms with Crippen LogP contribution in [0.25, 0.3) is 0 Å². The molecule has 1 aliphatic rings. The summed E-state index contributed by atoms with van der Waals surface area (Å²) in [4.78, 5) is 38.2. The van der Waals surface area contributed by atoms with Gasteiger partial charge in [0.25, 0.3) is 17.7 Å². The molecule has 0 spiro atoms. The fourth-order valence-corrected chi connectivity index (χ4v) is 5.16. The van der Waals surface area contributed by atoms with Gasteiger partial charge in [0.05, 0.1) is 11.8 Å². The van der Waals surface area contributed by atoms with E-state index in [4.69, 9.17) is 10.5 Å². The number of nitrogens with one attached hydrogen (secondary N) is 2. The van der Waals surface area contributed by atoms with Crippen LogP contribution in [-0.4, -0.2) is 30.0 Å². The van der Waals surface area contributed by atoms with Crippen LogP contribution in [0.2, 0.25) is 0 Å². The van der Waals surface area contributed by atoms with E-state index in [0.29, 0.717) is 21.9 Å². The third-order valence-corrected chi connectivity index (χ3v) is 6.93. The van der Waals surface area contributed by atoms with Crippen molar-refractivity contribution in [2.75, 3.05) is 5.32 Å². The van der Waals surface area contributed by atoms with Crippen LogP contribution in [0.4, 0.5) is 9.39 Å². The number of nitrogens with two attached hydrogens (primary N) is 1. The number of anilines is 1. The molecule has 0 unspecified atom stereocenters. The van der Waals surface area contributed by atoms with Crippen molar-refractivity contribution in [3.8, 4) is 5.75 Å². The molecule has 3 aromatic rings. The Balaban J connectivity index is 1.35. The molecule has 1 heterocycles. The standard InChI is InChI=1S/C26H25FN4O4S/c1-15(24(33)31-29-14-17-6-2-4-8-20(17)27)35-18-12-10-16(11-13-18)25(34)30-26-22(23(28)32)19-7-3-5-9-21(19)36-26/h2,4,6,8,10-15H,3,5,7,9H2,1H3,(H2,28,32)(H,30,34)(H,31,33)/b29-14-/t15-/m1/s1. The summed E-state index contributed by atoms with van der Waals surface area (Å²) in [5.74, 6) is -1.52. The summed E-state index contributed by atoms with van der Waals surface area (Å²) in [5, 5.41) is 7.05. The lowest BCUT2D eigenvalue weighted by atomic mass is 9.95. The number of amides is 3. The molecule has 0 bridgehead atoms. The van der Waals surface area contributed by atoms with E-state index in [0.717, 1.165) is 36.1 Å². The van der Waals surface area contributed by atoms with E-state index in [1.54, 1.807) is 43.3 Å². The van der Waals surface area contributed by atoms with Gasteiger partial charge < -0.3 is 15.8 Å². The molecule has 0 aliphatic heterocycles. The van der Waals surface area contributed by atoms with Crippen molar-refractivity contribution >= 4 is 40.3 Å². The summed E-state index contributed by atoms with van der Waals surface area (Å²) in [6.45, 7) is 1.54. The van der Waals surface area contributed by atoms with E-state index in [-0.39, 0.29) is 11.5 Å². The molecule has 4 N–H and O–H groups in total. The van der Waals surface area contributed by atoms with E-state index in [1.165, 1.54) is 29.7 Å². The maximum atomic E-state index is 13.6. The predicted octanol–water partition coefficient (Wildman–Crippen LogP) is 4.03. The van der Waals surface area contributed by atoms with E-state index >= 15 is 0 Å². The largest absolute Gasteiger partial charge is 0.481 e. The molecule has 186 valence electrons. The number of rotatable bonds is 8. The van der Waals surface area contributed by atoms with Gasteiger partial charge in [-0.05, 0) is 68.5 Å². The lowest BCUT2D eigenvalue weighted by Gasteiger charge is -2.13. The highest BCUT2D eigenvalue weighted by molar-refractivity contribution is 7.17. The Morgan fingerprint density at radius 3 is 2.56 bits per heavy atom. The monoisotopic (exact) mass is 508 g/mol. The Labute approximate surface area is 211 Å². The quantitative estimate of drug-likeness (QED) is 0.314. The van der Waals surface area contributed by atoms with Gasteiger partial charge in [-0.15, -0.1) is 11.3 Å². The zero-order chi connectivity index (χ0) is 25.7. The van der Waals surface area contributed by atoms with Crippen LogP contribution >= 0.6 is 11.3 Å². The summed E-state index contributed by atoms with van der Waals surface area (Å²) in [6, 6.07) is 12.3. The highest BCUT2D eigenvalue weighted by atomic mass is 32.1. The Morgan fingerprint density at radius 2 is 1.83 bits per heavy atom. The predicted molar refractivity (Wildman–Crippen MR) is 136 cm³/mol. The topological polar surface area (TPSA) is 123 Å². The number of nitrogens with zero attached hydrogens (tertiary/aromatic N) is 1. The van der Waals surface area contributed by atoms with E-state index in [9.17, 15) is 18.8 Å². The van der Waals surface area contributed by atoms with Crippen LogP contribution in [-0.2, 0) is 17.6 Å². The molecule has 1 aliphatic carbocycles. The van der Waals surface area contributed by atoms with Crippen molar-refractivity contribution in [3.05, 3.63) is 81.5 Å². The molecule has 36 heavy (non-hydrogen) atoms. The minimum Gasteiger partial charge on any atom is -0.481 e. The van der Waals surface area contributed by atoms with Crippen molar-refractivity contribution < 1.29 is 23.5 Å². The molecule has 1 aromatic heterocycles. The van der Waals surface area contributed by atoms with E-state index in [2.05, 4.69) is 15.8 Å². The summed E-state index contributed by atoms with van der Waals surface area (Å²) >= 11 is 1.40. The number of halogens is 1. The van der Waals surface area contributed by atoms with Gasteiger partial charge in [0.15, 0.2) is 6.10 Å². The highest BCUT2D eigenvalue weighted by Gasteiger charge is 2.25. The normalized spacial score (nSPS) is 13.6. The number of fused-ring (bicyclic) bond motifs is 1. The summed E-state index contributed by atoms with van der Waals surface area (Å²) in [6.07, 6.45) is 4.02. The number of carbonyl (C=O) groups excluding carboxylic acids is 3. The third kappa shape index (κ3) is 5.77. The zero-order valence-corrected chi connectivity index (χ0v) is 20.4. The number of ether oxygens (including phenoxy) is 1. The van der Waals surface area contributed by atoms with Crippen LogP contribution in [0, 0.1) is 5.82 Å². The lowest BCUT2D eigenvalue weighted by Crippen LogP contribution is -2.33. The maximum Gasteiger partial charge on any atom is 0.280 e. The molecule has 10 heteroatoms. The number of carbonyl (C=O) groups is 3. The Kier molecular flexibility index (Phi) is 7.74. The second-order valence-electron chi connectivity index (χ2n) is 8.27. The lowest BCUT2D eigenvalue weighted by molar-refractivity contribution is -0.127. The van der Waals surface area contributed by atoms with Crippen molar-refractivity contribution in [1.82, 2.24) is 5.43 Å². The van der Waals surface area contributed by atoms with Gasteiger partial charge in [0.2, 0.25) is 0 Å². The third-order valence-electron chi connectivity index (χ3n) is 5.73. The first-order chi connectivity index (χ1) is 17.3. The SMILES string of the molecule is C[C@@H](Oc1ccc(C(=O)Nc2sc3c(c2C(N)=O)CCCC3)cc1)C(=O)N/N=C\c1ccccc1F. The number of thiophene rings is 1. The summed E-state index contributed by atoms with van der Waals surface area (Å²) in [5.41, 5.74) is 9.85. The molecule has 4 rings (SSSR count). The fourth-order valence-electron chi connectivity index (χ4n) is 3.87. The number of aryl methyl sites for hydroxylation is 1. The molecule has 8 nitrogen and oxygen atoms in total. The van der Waals surface area contributed by atoms with Crippen molar-refractivity contribution in [2.45, 2.75) is 38.7 Å². The number of hydrogen-bond donors (Lipinski definition) is 3. The first kappa shape index (κ1) is 25.1. The number of benzene rings is 2. The van der Waals surface area contributed by atoms with Gasteiger partial charge in [-0.2, -0.15) is 5.10 Å². The summed E-state index contributed by atoms with van der Waals surface area (Å²) in [7, 11) is 0. The van der Waals surface area contributed by atoms with Gasteiger partial charge >= 0.3 is 0 Å². The molecule has 2 aromatic carbocycles. The average molecular weight is 509 g/mol. The van der Waals surface area contributed by atoms with Crippen LogP contribution in [0.5, 0.6) is 5.75 Å². The number of primary amides is 1. The molecule has 1 atom stereocenters. The fraction of sp³-hybridized carbons (Fsp3) is 0.231. The molecule has 0 radical (unpaired) electrons. The first-order valence-electron chi connectivity index (χ1n) is 11.4. The second kappa shape index (κ2) is 11.1. The number of hydrazone groups is 1. The first-order valence-corrected chi connectivity index (χ1v) is 12.2. The summed E-state index contributed by atoms with van der Waals surface area (Å²) < 4.78 is 19.2. The van der Waals surface area contributed by atoms with Crippen molar-refractivity contribution in [2.24, 2.45) is 10.8 Å².